The molecule has 0 bridgehead atoms. The minimum atomic E-state index is 0.515. The third-order valence-corrected chi connectivity index (χ3v) is 3.46. The van der Waals surface area contributed by atoms with Gasteiger partial charge in [0.15, 0.2) is 0 Å². The lowest BCUT2D eigenvalue weighted by molar-refractivity contribution is 0.794. The molecule has 0 fully saturated rings. The van der Waals surface area contributed by atoms with Crippen molar-refractivity contribution in [3.05, 3.63) is 53.0 Å². The summed E-state index contributed by atoms with van der Waals surface area (Å²) in [6.07, 6.45) is 3.64. The summed E-state index contributed by atoms with van der Waals surface area (Å²) in [5, 5.41) is 0. The molecule has 0 aliphatic rings. The first kappa shape index (κ1) is 14.5. The molecule has 0 aromatic carbocycles. The Bertz CT molecular complexity index is 566. The van der Waals surface area contributed by atoms with Crippen LogP contribution in [0.1, 0.15) is 29.3 Å². The van der Waals surface area contributed by atoms with E-state index in [1.807, 2.05) is 31.5 Å². The smallest absolute Gasteiger partial charge is 0.133 e. The first-order valence-electron chi connectivity index (χ1n) is 6.96. The van der Waals surface area contributed by atoms with Gasteiger partial charge in [0.25, 0.3) is 0 Å². The second kappa shape index (κ2) is 6.48. The summed E-state index contributed by atoms with van der Waals surface area (Å²) in [6, 6.07) is 6.16. The van der Waals surface area contributed by atoms with E-state index < -0.39 is 0 Å². The van der Waals surface area contributed by atoms with Crippen molar-refractivity contribution in [2.75, 3.05) is 11.4 Å². The van der Waals surface area contributed by atoms with Gasteiger partial charge in [-0.15, -0.1) is 0 Å². The van der Waals surface area contributed by atoms with Crippen LogP contribution in [0.4, 0.5) is 5.82 Å². The van der Waals surface area contributed by atoms with Crippen molar-refractivity contribution in [3.8, 4) is 0 Å². The van der Waals surface area contributed by atoms with Crippen molar-refractivity contribution < 1.29 is 0 Å². The number of rotatable bonds is 5. The molecule has 0 aliphatic heterocycles. The minimum Gasteiger partial charge on any atom is -0.352 e. The molecule has 2 heterocycles. The Morgan fingerprint density at radius 3 is 2.50 bits per heavy atom. The van der Waals surface area contributed by atoms with E-state index in [1.165, 1.54) is 11.1 Å². The highest BCUT2D eigenvalue weighted by Gasteiger charge is 2.14. The molecule has 4 heteroatoms. The molecule has 0 spiro atoms. The van der Waals surface area contributed by atoms with Gasteiger partial charge < -0.3 is 10.6 Å². The molecule has 20 heavy (non-hydrogen) atoms. The van der Waals surface area contributed by atoms with Crippen molar-refractivity contribution in [1.82, 2.24) is 9.97 Å². The molecule has 106 valence electrons. The van der Waals surface area contributed by atoms with E-state index in [1.54, 1.807) is 0 Å². The Labute approximate surface area is 120 Å². The van der Waals surface area contributed by atoms with Crippen molar-refractivity contribution in [1.29, 1.82) is 0 Å². The number of aryl methyl sites for hydroxylation is 2. The fourth-order valence-corrected chi connectivity index (χ4v) is 2.40. The summed E-state index contributed by atoms with van der Waals surface area (Å²) < 4.78 is 0. The number of anilines is 1. The molecule has 2 aromatic rings. The highest BCUT2D eigenvalue weighted by atomic mass is 15.2. The molecule has 0 saturated heterocycles. The second-order valence-corrected chi connectivity index (χ2v) is 4.96. The second-order valence-electron chi connectivity index (χ2n) is 4.96. The lowest BCUT2D eigenvalue weighted by Crippen LogP contribution is -2.26. The van der Waals surface area contributed by atoms with Crippen molar-refractivity contribution in [3.63, 3.8) is 0 Å². The Hall–Kier alpha value is -1.94. The highest BCUT2D eigenvalue weighted by Crippen LogP contribution is 2.23. The van der Waals surface area contributed by atoms with Gasteiger partial charge in [-0.1, -0.05) is 0 Å². The van der Waals surface area contributed by atoms with Gasteiger partial charge in [0.2, 0.25) is 0 Å². The molecule has 4 nitrogen and oxygen atoms in total. The molecule has 0 saturated carbocycles. The van der Waals surface area contributed by atoms with Gasteiger partial charge >= 0.3 is 0 Å². The molecular weight excluding hydrogens is 248 g/mol. The van der Waals surface area contributed by atoms with Gasteiger partial charge in [-0.3, -0.25) is 4.98 Å². The quantitative estimate of drug-likeness (QED) is 0.907. The van der Waals surface area contributed by atoms with Gasteiger partial charge in [0.1, 0.15) is 5.82 Å². The average Bonchev–Trinajstić information content (AvgIpc) is 2.45. The Balaban J connectivity index is 2.36. The van der Waals surface area contributed by atoms with Crippen molar-refractivity contribution in [2.45, 2.75) is 33.9 Å². The number of pyridine rings is 2. The summed E-state index contributed by atoms with van der Waals surface area (Å²) in [7, 11) is 0. The van der Waals surface area contributed by atoms with Gasteiger partial charge in [-0.25, -0.2) is 4.98 Å². The van der Waals surface area contributed by atoms with E-state index in [4.69, 9.17) is 10.7 Å². The molecule has 0 amide bonds. The lowest BCUT2D eigenvalue weighted by atomic mass is 10.1. The van der Waals surface area contributed by atoms with Gasteiger partial charge in [-0.05, 0) is 50.1 Å². The Morgan fingerprint density at radius 1 is 1.20 bits per heavy atom. The predicted octanol–water partition coefficient (Wildman–Crippen LogP) is 2.58. The van der Waals surface area contributed by atoms with E-state index in [0.717, 1.165) is 30.2 Å². The summed E-state index contributed by atoms with van der Waals surface area (Å²) in [5.41, 5.74) is 10.5. The summed E-state index contributed by atoms with van der Waals surface area (Å²) in [6.45, 7) is 8.49. The molecule has 2 N–H and O–H groups in total. The average molecular weight is 270 g/mol. The molecule has 2 aromatic heterocycles. The third kappa shape index (κ3) is 3.14. The number of aromatic nitrogens is 2. The van der Waals surface area contributed by atoms with Crippen LogP contribution in [-0.2, 0) is 13.1 Å². The van der Waals surface area contributed by atoms with E-state index in [-0.39, 0.29) is 0 Å². The fraction of sp³-hybridized carbons (Fsp3) is 0.375. The zero-order chi connectivity index (χ0) is 14.5. The van der Waals surface area contributed by atoms with E-state index in [0.29, 0.717) is 6.54 Å². The van der Waals surface area contributed by atoms with E-state index in [2.05, 4.69) is 29.8 Å². The molecule has 0 radical (unpaired) electrons. The zero-order valence-electron chi connectivity index (χ0n) is 12.4. The lowest BCUT2D eigenvalue weighted by Gasteiger charge is -2.25. The normalized spacial score (nSPS) is 10.6. The summed E-state index contributed by atoms with van der Waals surface area (Å²) in [4.78, 5) is 11.0. The SMILES string of the molecule is CCN(Cc1ccncc1)c1nc(C)cc(C)c1CN. The first-order valence-corrected chi connectivity index (χ1v) is 6.96. The number of hydrogen-bond donors (Lipinski definition) is 1. The molecular formula is C16H22N4. The molecule has 0 atom stereocenters. The minimum absolute atomic E-state index is 0.515. The van der Waals surface area contributed by atoms with E-state index in [9.17, 15) is 0 Å². The van der Waals surface area contributed by atoms with Crippen LogP contribution >= 0.6 is 0 Å². The van der Waals surface area contributed by atoms with Crippen LogP contribution in [0.5, 0.6) is 0 Å². The molecule has 2 rings (SSSR count). The van der Waals surface area contributed by atoms with Crippen LogP contribution in [0, 0.1) is 13.8 Å². The Morgan fingerprint density at radius 2 is 1.90 bits per heavy atom. The van der Waals surface area contributed by atoms with Gasteiger partial charge in [0.05, 0.1) is 0 Å². The third-order valence-electron chi connectivity index (χ3n) is 3.46. The zero-order valence-corrected chi connectivity index (χ0v) is 12.4. The summed E-state index contributed by atoms with van der Waals surface area (Å²) >= 11 is 0. The van der Waals surface area contributed by atoms with Gasteiger partial charge in [-0.2, -0.15) is 0 Å². The molecule has 0 aliphatic carbocycles. The fourth-order valence-electron chi connectivity index (χ4n) is 2.40. The van der Waals surface area contributed by atoms with E-state index >= 15 is 0 Å². The molecule has 0 unspecified atom stereocenters. The Kier molecular flexibility index (Phi) is 4.69. The number of nitrogens with two attached hydrogens (primary N) is 1. The largest absolute Gasteiger partial charge is 0.352 e. The maximum absolute atomic E-state index is 5.91. The van der Waals surface area contributed by atoms with Gasteiger partial charge in [0, 0.05) is 43.3 Å². The maximum Gasteiger partial charge on any atom is 0.133 e. The van der Waals surface area contributed by atoms with Crippen LogP contribution in [0.2, 0.25) is 0 Å². The number of nitrogens with zero attached hydrogens (tertiary/aromatic N) is 3. The predicted molar refractivity (Wildman–Crippen MR) is 82.6 cm³/mol. The topological polar surface area (TPSA) is 55.0 Å². The van der Waals surface area contributed by atoms with Crippen LogP contribution in [0.15, 0.2) is 30.6 Å². The van der Waals surface area contributed by atoms with Crippen LogP contribution in [0.3, 0.4) is 0 Å². The highest BCUT2D eigenvalue weighted by molar-refractivity contribution is 5.52. The standard InChI is InChI=1S/C16H22N4/c1-4-20(11-14-5-7-18-8-6-14)16-15(10-17)12(2)9-13(3)19-16/h5-9H,4,10-11,17H2,1-3H3. The van der Waals surface area contributed by atoms with Crippen molar-refractivity contribution >= 4 is 5.82 Å². The maximum atomic E-state index is 5.91. The van der Waals surface area contributed by atoms with Crippen molar-refractivity contribution in [2.24, 2.45) is 5.73 Å². The monoisotopic (exact) mass is 270 g/mol. The summed E-state index contributed by atoms with van der Waals surface area (Å²) in [5.74, 6) is 1.00. The van der Waals surface area contributed by atoms with Crippen LogP contribution in [-0.4, -0.2) is 16.5 Å². The van der Waals surface area contributed by atoms with Crippen LogP contribution < -0.4 is 10.6 Å². The van der Waals surface area contributed by atoms with Crippen LogP contribution in [0.25, 0.3) is 0 Å². The number of hydrogen-bond acceptors (Lipinski definition) is 4. The first-order chi connectivity index (χ1) is 9.65.